The van der Waals surface area contributed by atoms with Crippen molar-refractivity contribution in [3.63, 3.8) is 0 Å². The molecule has 1 aromatic carbocycles. The lowest BCUT2D eigenvalue weighted by Crippen LogP contribution is -1.98. The van der Waals surface area contributed by atoms with E-state index in [1.54, 1.807) is 6.20 Å². The van der Waals surface area contributed by atoms with Crippen molar-refractivity contribution in [1.29, 1.82) is 0 Å². The summed E-state index contributed by atoms with van der Waals surface area (Å²) >= 11 is 0. The molecule has 0 aliphatic rings. The maximum absolute atomic E-state index is 10.6. The number of aromatic hydroxyl groups is 1. The Hall–Kier alpha value is -2.62. The predicted molar refractivity (Wildman–Crippen MR) is 82.5 cm³/mol. The first kappa shape index (κ1) is 13.4. The largest absolute Gasteiger partial charge is 0.493 e. The second-order valence-electron chi connectivity index (χ2n) is 5.21. The lowest BCUT2D eigenvalue weighted by Gasteiger charge is -2.06. The van der Waals surface area contributed by atoms with Gasteiger partial charge in [0.25, 0.3) is 0 Å². The minimum atomic E-state index is 0.155. The van der Waals surface area contributed by atoms with E-state index in [-0.39, 0.29) is 11.8 Å². The van der Waals surface area contributed by atoms with Crippen LogP contribution < -0.4 is 0 Å². The third-order valence-corrected chi connectivity index (χ3v) is 3.39. The van der Waals surface area contributed by atoms with E-state index in [1.807, 2.05) is 62.4 Å². The fourth-order valence-corrected chi connectivity index (χ4v) is 2.40. The summed E-state index contributed by atoms with van der Waals surface area (Å²) in [6.45, 7) is 4.10. The van der Waals surface area contributed by atoms with E-state index in [0.717, 1.165) is 16.8 Å². The van der Waals surface area contributed by atoms with Gasteiger partial charge in [0, 0.05) is 17.3 Å². The molecule has 0 saturated carbocycles. The Kier molecular flexibility index (Phi) is 3.44. The zero-order chi connectivity index (χ0) is 14.8. The molecule has 21 heavy (non-hydrogen) atoms. The summed E-state index contributed by atoms with van der Waals surface area (Å²) in [7, 11) is 0. The van der Waals surface area contributed by atoms with E-state index in [2.05, 4.69) is 10.1 Å². The molecule has 4 nitrogen and oxygen atoms in total. The van der Waals surface area contributed by atoms with Crippen LogP contribution >= 0.6 is 0 Å². The predicted octanol–water partition coefficient (Wildman–Crippen LogP) is 3.76. The fourth-order valence-electron chi connectivity index (χ4n) is 2.40. The molecule has 2 heterocycles. The van der Waals surface area contributed by atoms with Crippen molar-refractivity contribution in [2.24, 2.45) is 0 Å². The number of hydrogen-bond donors (Lipinski definition) is 1. The molecule has 3 rings (SSSR count). The fraction of sp³-hybridized carbons (Fsp3) is 0.176. The highest BCUT2D eigenvalue weighted by atomic mass is 16.3. The van der Waals surface area contributed by atoms with Gasteiger partial charge in [0.1, 0.15) is 5.69 Å². The summed E-state index contributed by atoms with van der Waals surface area (Å²) in [4.78, 5) is 4.26. The van der Waals surface area contributed by atoms with Gasteiger partial charge < -0.3 is 5.11 Å². The van der Waals surface area contributed by atoms with Gasteiger partial charge in [-0.3, -0.25) is 0 Å². The minimum absolute atomic E-state index is 0.155. The van der Waals surface area contributed by atoms with Crippen molar-refractivity contribution in [2.75, 3.05) is 0 Å². The summed E-state index contributed by atoms with van der Waals surface area (Å²) in [5.74, 6) is 0.930. The van der Waals surface area contributed by atoms with Gasteiger partial charge in [0.05, 0.1) is 0 Å². The van der Waals surface area contributed by atoms with Crippen LogP contribution in [0.4, 0.5) is 0 Å². The summed E-state index contributed by atoms with van der Waals surface area (Å²) < 4.78 is 1.50. The molecule has 1 N–H and O–H groups in total. The van der Waals surface area contributed by atoms with Gasteiger partial charge in [0.15, 0.2) is 5.82 Å². The second-order valence-corrected chi connectivity index (χ2v) is 5.21. The van der Waals surface area contributed by atoms with Gasteiger partial charge in [-0.2, -0.15) is 9.78 Å². The molecular weight excluding hydrogens is 262 g/mol. The van der Waals surface area contributed by atoms with Crippen molar-refractivity contribution in [2.45, 2.75) is 19.8 Å². The van der Waals surface area contributed by atoms with Crippen LogP contribution in [0.3, 0.4) is 0 Å². The third-order valence-electron chi connectivity index (χ3n) is 3.39. The summed E-state index contributed by atoms with van der Waals surface area (Å²) in [5, 5.41) is 15.1. The second kappa shape index (κ2) is 5.40. The van der Waals surface area contributed by atoms with Crippen LogP contribution in [-0.2, 0) is 0 Å². The molecule has 0 radical (unpaired) electrons. The molecule has 0 spiro atoms. The average molecular weight is 279 g/mol. The van der Waals surface area contributed by atoms with Gasteiger partial charge in [-0.1, -0.05) is 50.2 Å². The van der Waals surface area contributed by atoms with E-state index < -0.39 is 0 Å². The minimum Gasteiger partial charge on any atom is -0.493 e. The van der Waals surface area contributed by atoms with Crippen LogP contribution in [0.15, 0.2) is 54.7 Å². The Morgan fingerprint density at radius 1 is 1.00 bits per heavy atom. The van der Waals surface area contributed by atoms with Crippen LogP contribution in [-0.4, -0.2) is 19.9 Å². The highest BCUT2D eigenvalue weighted by Crippen LogP contribution is 2.36. The Morgan fingerprint density at radius 2 is 1.71 bits per heavy atom. The SMILES string of the molecule is CC(C)c1c(-c2ccccc2)nn(-c2ccccn2)c1O. The summed E-state index contributed by atoms with van der Waals surface area (Å²) in [6.07, 6.45) is 1.69. The van der Waals surface area contributed by atoms with E-state index in [4.69, 9.17) is 0 Å². The normalized spacial score (nSPS) is 11.0. The van der Waals surface area contributed by atoms with Gasteiger partial charge in [0.2, 0.25) is 5.88 Å². The van der Waals surface area contributed by atoms with E-state index in [0.29, 0.717) is 5.82 Å². The average Bonchev–Trinajstić information content (AvgIpc) is 2.87. The first-order chi connectivity index (χ1) is 10.2. The van der Waals surface area contributed by atoms with E-state index in [1.165, 1.54) is 4.68 Å². The van der Waals surface area contributed by atoms with Gasteiger partial charge in [-0.05, 0) is 18.1 Å². The lowest BCUT2D eigenvalue weighted by molar-refractivity contribution is 0.424. The lowest BCUT2D eigenvalue weighted by atomic mass is 9.99. The van der Waals surface area contributed by atoms with Crippen molar-refractivity contribution in [3.05, 3.63) is 60.3 Å². The topological polar surface area (TPSA) is 50.9 Å². The van der Waals surface area contributed by atoms with Crippen molar-refractivity contribution >= 4 is 0 Å². The van der Waals surface area contributed by atoms with Gasteiger partial charge in [-0.25, -0.2) is 4.98 Å². The Labute approximate surface area is 123 Å². The first-order valence-corrected chi connectivity index (χ1v) is 6.97. The highest BCUT2D eigenvalue weighted by molar-refractivity contribution is 5.66. The van der Waals surface area contributed by atoms with Crippen LogP contribution in [0.1, 0.15) is 25.3 Å². The molecule has 0 aliphatic carbocycles. The smallest absolute Gasteiger partial charge is 0.219 e. The molecule has 4 heteroatoms. The summed E-state index contributed by atoms with van der Waals surface area (Å²) in [6, 6.07) is 15.4. The van der Waals surface area contributed by atoms with Gasteiger partial charge >= 0.3 is 0 Å². The molecule has 0 atom stereocenters. The zero-order valence-corrected chi connectivity index (χ0v) is 12.1. The zero-order valence-electron chi connectivity index (χ0n) is 12.1. The van der Waals surface area contributed by atoms with E-state index in [9.17, 15) is 5.11 Å². The molecule has 106 valence electrons. The van der Waals surface area contributed by atoms with Crippen LogP contribution in [0.2, 0.25) is 0 Å². The molecule has 0 amide bonds. The highest BCUT2D eigenvalue weighted by Gasteiger charge is 2.22. The molecule has 0 saturated heterocycles. The van der Waals surface area contributed by atoms with Crippen molar-refractivity contribution in [1.82, 2.24) is 14.8 Å². The standard InChI is InChI=1S/C17H17N3O/c1-12(2)15-16(13-8-4-3-5-9-13)19-20(17(15)21)14-10-6-7-11-18-14/h3-12,21H,1-2H3. The van der Waals surface area contributed by atoms with Crippen LogP contribution in [0, 0.1) is 0 Å². The molecular formula is C17H17N3O. The van der Waals surface area contributed by atoms with Crippen molar-refractivity contribution < 1.29 is 5.11 Å². The quantitative estimate of drug-likeness (QED) is 0.794. The number of nitrogens with zero attached hydrogens (tertiary/aromatic N) is 3. The Bertz CT molecular complexity index is 733. The maximum atomic E-state index is 10.6. The number of pyridine rings is 1. The number of rotatable bonds is 3. The molecule has 0 bridgehead atoms. The Balaban J connectivity index is 2.22. The molecule has 2 aromatic heterocycles. The van der Waals surface area contributed by atoms with Crippen molar-refractivity contribution in [3.8, 4) is 23.0 Å². The van der Waals surface area contributed by atoms with Gasteiger partial charge in [-0.15, -0.1) is 0 Å². The Morgan fingerprint density at radius 3 is 2.33 bits per heavy atom. The molecule has 0 fully saturated rings. The molecule has 0 unspecified atom stereocenters. The molecule has 3 aromatic rings. The number of hydrogen-bond acceptors (Lipinski definition) is 3. The first-order valence-electron chi connectivity index (χ1n) is 6.97. The third kappa shape index (κ3) is 2.40. The monoisotopic (exact) mass is 279 g/mol. The maximum Gasteiger partial charge on any atom is 0.219 e. The van der Waals surface area contributed by atoms with E-state index >= 15 is 0 Å². The number of aromatic nitrogens is 3. The van der Waals surface area contributed by atoms with Crippen LogP contribution in [0.25, 0.3) is 17.1 Å². The van der Waals surface area contributed by atoms with Crippen LogP contribution in [0.5, 0.6) is 5.88 Å². The number of benzene rings is 1. The summed E-state index contributed by atoms with van der Waals surface area (Å²) in [5.41, 5.74) is 2.63. The molecule has 0 aliphatic heterocycles.